The van der Waals surface area contributed by atoms with E-state index in [1.54, 1.807) is 0 Å². The highest BCUT2D eigenvalue weighted by atomic mass is 14.9. The van der Waals surface area contributed by atoms with Crippen LogP contribution in [0.15, 0.2) is 170 Å². The molecule has 0 N–H and O–H groups in total. The summed E-state index contributed by atoms with van der Waals surface area (Å²) in [6, 6.07) is 63.7. The van der Waals surface area contributed by atoms with Crippen LogP contribution < -0.4 is 0 Å². The van der Waals surface area contributed by atoms with Crippen molar-refractivity contribution < 1.29 is 0 Å². The quantitative estimate of drug-likeness (QED) is 0.164. The van der Waals surface area contributed by atoms with Gasteiger partial charge < -0.3 is 4.57 Å². The highest BCUT2D eigenvalue weighted by molar-refractivity contribution is 6.23. The fraction of sp³-hybridized carbons (Fsp3) is 0.0769. The van der Waals surface area contributed by atoms with E-state index in [0.29, 0.717) is 0 Å². The summed E-state index contributed by atoms with van der Waals surface area (Å²) in [5.74, 6) is 0. The van der Waals surface area contributed by atoms with Crippen LogP contribution in [0.5, 0.6) is 0 Å². The molecular formula is C52H37N. The molecule has 1 heteroatoms. The molecule has 1 aliphatic carbocycles. The summed E-state index contributed by atoms with van der Waals surface area (Å²) in [4.78, 5) is 0. The second-order valence-corrected chi connectivity index (χ2v) is 15.3. The SMILES string of the molecule is Cn1c2ccccc2c2cc(-c3c4ccccc4c(-c4ccc5c(c4)C(C)(C)c4ccccc4-5)c4cc(-c5cccc6ccccc56)ccc34)ccc21. The topological polar surface area (TPSA) is 4.93 Å². The average molecular weight is 676 g/mol. The zero-order valence-electron chi connectivity index (χ0n) is 30.1. The highest BCUT2D eigenvalue weighted by Gasteiger charge is 2.35. The van der Waals surface area contributed by atoms with Gasteiger partial charge in [0.05, 0.1) is 0 Å². The fourth-order valence-corrected chi connectivity index (χ4v) is 9.63. The molecule has 0 fully saturated rings. The summed E-state index contributed by atoms with van der Waals surface area (Å²) in [6.45, 7) is 4.76. The maximum absolute atomic E-state index is 2.49. The number of benzene rings is 9. The largest absolute Gasteiger partial charge is 0.344 e. The van der Waals surface area contributed by atoms with Crippen LogP contribution in [0.4, 0.5) is 0 Å². The Kier molecular flexibility index (Phi) is 6.29. The Bertz CT molecular complexity index is 3150. The fourth-order valence-electron chi connectivity index (χ4n) is 9.63. The molecule has 0 amide bonds. The normalized spacial score (nSPS) is 13.3. The number of hydrogen-bond donors (Lipinski definition) is 0. The van der Waals surface area contributed by atoms with Gasteiger partial charge >= 0.3 is 0 Å². The third-order valence-corrected chi connectivity index (χ3v) is 12.2. The van der Waals surface area contributed by atoms with E-state index in [1.807, 2.05) is 0 Å². The summed E-state index contributed by atoms with van der Waals surface area (Å²) in [7, 11) is 2.18. The van der Waals surface area contributed by atoms with Crippen molar-refractivity contribution >= 4 is 54.1 Å². The zero-order valence-corrected chi connectivity index (χ0v) is 30.1. The molecule has 0 atom stereocenters. The first-order chi connectivity index (χ1) is 26.0. The smallest absolute Gasteiger partial charge is 0.0489 e. The Morgan fingerprint density at radius 3 is 1.75 bits per heavy atom. The number of aryl methyl sites for hydroxylation is 1. The van der Waals surface area contributed by atoms with E-state index in [0.717, 1.165) is 0 Å². The van der Waals surface area contributed by atoms with Gasteiger partial charge in [-0.05, 0) is 118 Å². The van der Waals surface area contributed by atoms with Gasteiger partial charge in [-0.25, -0.2) is 0 Å². The van der Waals surface area contributed by atoms with Crippen molar-refractivity contribution in [3.63, 3.8) is 0 Å². The second-order valence-electron chi connectivity index (χ2n) is 15.3. The Morgan fingerprint density at radius 1 is 0.358 bits per heavy atom. The molecule has 0 radical (unpaired) electrons. The van der Waals surface area contributed by atoms with Crippen molar-refractivity contribution in [2.24, 2.45) is 7.05 Å². The number of nitrogens with zero attached hydrogens (tertiary/aromatic N) is 1. The number of fused-ring (bicyclic) bond motifs is 9. The summed E-state index contributed by atoms with van der Waals surface area (Å²) in [5.41, 5.74) is 15.5. The molecule has 0 saturated carbocycles. The van der Waals surface area contributed by atoms with Crippen LogP contribution in [-0.4, -0.2) is 4.57 Å². The van der Waals surface area contributed by atoms with Crippen LogP contribution >= 0.6 is 0 Å². The number of hydrogen-bond acceptors (Lipinski definition) is 0. The molecule has 0 bridgehead atoms. The van der Waals surface area contributed by atoms with E-state index in [4.69, 9.17) is 0 Å². The molecule has 53 heavy (non-hydrogen) atoms. The molecule has 0 spiro atoms. The lowest BCUT2D eigenvalue weighted by molar-refractivity contribution is 0.660. The van der Waals surface area contributed by atoms with Crippen molar-refractivity contribution in [1.29, 1.82) is 0 Å². The summed E-state index contributed by atoms with van der Waals surface area (Å²) >= 11 is 0. The zero-order chi connectivity index (χ0) is 35.4. The number of aromatic nitrogens is 1. The van der Waals surface area contributed by atoms with Gasteiger partial charge in [-0.3, -0.25) is 0 Å². The maximum Gasteiger partial charge on any atom is 0.0489 e. The summed E-state index contributed by atoms with van der Waals surface area (Å²) in [5, 5.41) is 10.2. The van der Waals surface area contributed by atoms with Gasteiger partial charge in [0.15, 0.2) is 0 Å². The van der Waals surface area contributed by atoms with Crippen LogP contribution in [0.3, 0.4) is 0 Å². The summed E-state index contributed by atoms with van der Waals surface area (Å²) in [6.07, 6.45) is 0. The van der Waals surface area contributed by atoms with E-state index in [2.05, 4.69) is 195 Å². The van der Waals surface area contributed by atoms with Crippen LogP contribution in [0.2, 0.25) is 0 Å². The first kappa shape index (κ1) is 30.2. The van der Waals surface area contributed by atoms with Gasteiger partial charge in [0.25, 0.3) is 0 Å². The van der Waals surface area contributed by atoms with Crippen molar-refractivity contribution in [1.82, 2.24) is 4.57 Å². The molecule has 250 valence electrons. The molecule has 1 heterocycles. The predicted molar refractivity (Wildman–Crippen MR) is 227 cm³/mol. The third kappa shape index (κ3) is 4.25. The molecule has 9 aromatic carbocycles. The van der Waals surface area contributed by atoms with E-state index in [-0.39, 0.29) is 5.41 Å². The Hall–Kier alpha value is -6.44. The minimum atomic E-state index is -0.0878. The van der Waals surface area contributed by atoms with E-state index < -0.39 is 0 Å². The van der Waals surface area contributed by atoms with E-state index in [9.17, 15) is 0 Å². The van der Waals surface area contributed by atoms with Gasteiger partial charge in [0, 0.05) is 34.3 Å². The monoisotopic (exact) mass is 675 g/mol. The van der Waals surface area contributed by atoms with Gasteiger partial charge in [-0.1, -0.05) is 153 Å². The summed E-state index contributed by atoms with van der Waals surface area (Å²) < 4.78 is 2.32. The lowest BCUT2D eigenvalue weighted by atomic mass is 9.80. The van der Waals surface area contributed by atoms with Crippen LogP contribution in [-0.2, 0) is 12.5 Å². The minimum Gasteiger partial charge on any atom is -0.344 e. The molecule has 0 saturated heterocycles. The molecule has 1 nitrogen and oxygen atoms in total. The highest BCUT2D eigenvalue weighted by Crippen LogP contribution is 2.52. The molecule has 0 unspecified atom stereocenters. The molecule has 1 aromatic heterocycles. The Labute approximate surface area is 309 Å². The number of para-hydroxylation sites is 1. The first-order valence-electron chi connectivity index (χ1n) is 18.7. The van der Waals surface area contributed by atoms with Crippen molar-refractivity contribution in [2.45, 2.75) is 19.3 Å². The Balaban J connectivity index is 1.25. The lowest BCUT2D eigenvalue weighted by Gasteiger charge is -2.23. The number of rotatable bonds is 3. The molecule has 10 aromatic rings. The second kappa shape index (κ2) is 11.0. The first-order valence-corrected chi connectivity index (χ1v) is 18.7. The van der Waals surface area contributed by atoms with Crippen LogP contribution in [0.1, 0.15) is 25.0 Å². The molecule has 0 aliphatic heterocycles. The van der Waals surface area contributed by atoms with Crippen LogP contribution in [0, 0.1) is 0 Å². The minimum absolute atomic E-state index is 0.0878. The molecular weight excluding hydrogens is 639 g/mol. The van der Waals surface area contributed by atoms with Gasteiger partial charge in [0.2, 0.25) is 0 Å². The Morgan fingerprint density at radius 2 is 0.906 bits per heavy atom. The van der Waals surface area contributed by atoms with Crippen molar-refractivity contribution in [3.05, 3.63) is 181 Å². The van der Waals surface area contributed by atoms with E-state index >= 15 is 0 Å². The lowest BCUT2D eigenvalue weighted by Crippen LogP contribution is -2.14. The predicted octanol–water partition coefficient (Wildman–Crippen LogP) is 14.1. The molecule has 1 aliphatic rings. The van der Waals surface area contributed by atoms with Crippen molar-refractivity contribution in [2.75, 3.05) is 0 Å². The van der Waals surface area contributed by atoms with Crippen LogP contribution in [0.25, 0.3) is 98.6 Å². The maximum atomic E-state index is 2.49. The average Bonchev–Trinajstić information content (AvgIpc) is 3.62. The van der Waals surface area contributed by atoms with Gasteiger partial charge in [-0.15, -0.1) is 0 Å². The molecule has 11 rings (SSSR count). The van der Waals surface area contributed by atoms with E-state index in [1.165, 1.54) is 110 Å². The third-order valence-electron chi connectivity index (χ3n) is 12.2. The van der Waals surface area contributed by atoms with Crippen molar-refractivity contribution in [3.8, 4) is 44.5 Å². The van der Waals surface area contributed by atoms with Gasteiger partial charge in [0.1, 0.15) is 0 Å². The standard InChI is InChI=1S/C52H37N/c1-52(2)46-21-10-8-16-38(46)39-26-24-35(31-47(39)52)51-42-19-7-6-18-41(42)50(34-25-28-49-44(30-34)40-17-9-11-22-48(40)53(49)3)43-27-23-33(29-45(43)51)37-20-12-14-32-13-4-5-15-36(32)37/h4-31H,1-3H3. The van der Waals surface area contributed by atoms with Gasteiger partial charge in [-0.2, -0.15) is 0 Å².